The van der Waals surface area contributed by atoms with E-state index in [4.69, 9.17) is 9.47 Å². The molecule has 0 unspecified atom stereocenters. The van der Waals surface area contributed by atoms with Gasteiger partial charge in [0, 0.05) is 25.1 Å². The van der Waals surface area contributed by atoms with Gasteiger partial charge in [0.1, 0.15) is 0 Å². The minimum absolute atomic E-state index is 0.229. The van der Waals surface area contributed by atoms with Crippen molar-refractivity contribution in [2.45, 2.75) is 43.8 Å². The molecule has 1 aromatic rings. The van der Waals surface area contributed by atoms with Crippen LogP contribution < -0.4 is 5.32 Å². The van der Waals surface area contributed by atoms with Gasteiger partial charge in [-0.3, -0.25) is 0 Å². The van der Waals surface area contributed by atoms with Crippen LogP contribution in [0.25, 0.3) is 0 Å². The van der Waals surface area contributed by atoms with Crippen molar-refractivity contribution in [3.05, 3.63) is 29.3 Å². The van der Waals surface area contributed by atoms with Gasteiger partial charge in [0.05, 0.1) is 13.2 Å². The first-order valence-electron chi connectivity index (χ1n) is 7.50. The molecular weight excluding hydrogens is 238 g/mol. The number of benzene rings is 1. The van der Waals surface area contributed by atoms with Crippen molar-refractivity contribution in [2.24, 2.45) is 0 Å². The van der Waals surface area contributed by atoms with E-state index in [0.717, 1.165) is 32.6 Å². The summed E-state index contributed by atoms with van der Waals surface area (Å²) in [7, 11) is 0. The highest BCUT2D eigenvalue weighted by molar-refractivity contribution is 5.59. The largest absolute Gasteiger partial charge is 0.384 e. The number of hydrogen-bond donors (Lipinski definition) is 1. The molecule has 2 heterocycles. The molecule has 0 bridgehead atoms. The molecule has 0 aromatic heterocycles. The monoisotopic (exact) mass is 259 g/mol. The van der Waals surface area contributed by atoms with Crippen LogP contribution in [0.2, 0.25) is 0 Å². The van der Waals surface area contributed by atoms with Gasteiger partial charge in [-0.15, -0.1) is 0 Å². The van der Waals surface area contributed by atoms with Crippen molar-refractivity contribution in [1.29, 1.82) is 0 Å². The standard InChI is InChI=1S/C16H21NO2/c1-2-13(14-6-9-17-15(14)3-1)12-4-7-16(8-5-12)18-10-11-19-16/h1-3,12,17H,4-11H2. The lowest BCUT2D eigenvalue weighted by Gasteiger charge is -2.36. The van der Waals surface area contributed by atoms with E-state index in [1.165, 1.54) is 24.9 Å². The van der Waals surface area contributed by atoms with Gasteiger partial charge < -0.3 is 14.8 Å². The van der Waals surface area contributed by atoms with E-state index in [1.807, 2.05) is 0 Å². The lowest BCUT2D eigenvalue weighted by atomic mass is 9.79. The highest BCUT2D eigenvalue weighted by Gasteiger charge is 2.41. The minimum atomic E-state index is -0.229. The van der Waals surface area contributed by atoms with E-state index in [1.54, 1.807) is 11.1 Å². The molecule has 1 saturated heterocycles. The van der Waals surface area contributed by atoms with Gasteiger partial charge in [-0.05, 0) is 42.4 Å². The summed E-state index contributed by atoms with van der Waals surface area (Å²) in [5.74, 6) is 0.459. The Balaban J connectivity index is 1.54. The van der Waals surface area contributed by atoms with Crippen LogP contribution in [0, 0.1) is 0 Å². The second-order valence-electron chi connectivity index (χ2n) is 5.93. The number of fused-ring (bicyclic) bond motifs is 1. The number of nitrogens with one attached hydrogen (secondary N) is 1. The second kappa shape index (κ2) is 4.50. The Hall–Kier alpha value is -1.06. The van der Waals surface area contributed by atoms with Crippen molar-refractivity contribution in [3.63, 3.8) is 0 Å². The number of anilines is 1. The predicted molar refractivity (Wildman–Crippen MR) is 74.5 cm³/mol. The van der Waals surface area contributed by atoms with Gasteiger partial charge in [-0.1, -0.05) is 12.1 Å². The molecule has 1 aliphatic carbocycles. The van der Waals surface area contributed by atoms with Crippen LogP contribution in [-0.4, -0.2) is 25.5 Å². The Morgan fingerprint density at radius 1 is 1.11 bits per heavy atom. The SMILES string of the molecule is c1cc2c(c(C3CCC4(CC3)OCCO4)c1)CCN2. The number of rotatable bonds is 1. The van der Waals surface area contributed by atoms with Crippen molar-refractivity contribution in [1.82, 2.24) is 0 Å². The third-order valence-electron chi connectivity index (χ3n) is 4.90. The summed E-state index contributed by atoms with van der Waals surface area (Å²) in [6.07, 6.45) is 5.66. The summed E-state index contributed by atoms with van der Waals surface area (Å²) in [5.41, 5.74) is 4.47. The summed E-state index contributed by atoms with van der Waals surface area (Å²) in [4.78, 5) is 0. The molecule has 3 nitrogen and oxygen atoms in total. The summed E-state index contributed by atoms with van der Waals surface area (Å²) in [6.45, 7) is 2.64. The number of hydrogen-bond acceptors (Lipinski definition) is 3. The van der Waals surface area contributed by atoms with Crippen molar-refractivity contribution in [2.75, 3.05) is 25.1 Å². The zero-order valence-corrected chi connectivity index (χ0v) is 11.3. The minimum Gasteiger partial charge on any atom is -0.384 e. The fourth-order valence-corrected chi connectivity index (χ4v) is 3.91. The van der Waals surface area contributed by atoms with Gasteiger partial charge in [-0.2, -0.15) is 0 Å². The average Bonchev–Trinajstić information content (AvgIpc) is 3.09. The Kier molecular flexibility index (Phi) is 2.78. The van der Waals surface area contributed by atoms with Crippen LogP contribution in [0.1, 0.15) is 42.7 Å². The van der Waals surface area contributed by atoms with Gasteiger partial charge in [0.15, 0.2) is 5.79 Å². The second-order valence-corrected chi connectivity index (χ2v) is 5.93. The first-order valence-corrected chi connectivity index (χ1v) is 7.50. The molecule has 19 heavy (non-hydrogen) atoms. The molecule has 102 valence electrons. The van der Waals surface area contributed by atoms with Gasteiger partial charge in [-0.25, -0.2) is 0 Å². The van der Waals surface area contributed by atoms with E-state index < -0.39 is 0 Å². The van der Waals surface area contributed by atoms with E-state index >= 15 is 0 Å². The maximum absolute atomic E-state index is 5.82. The summed E-state index contributed by atoms with van der Waals surface area (Å²) in [5, 5.41) is 3.48. The molecule has 0 amide bonds. The Bertz CT molecular complexity index is 470. The molecule has 4 rings (SSSR count). The van der Waals surface area contributed by atoms with Crippen LogP contribution in [0.3, 0.4) is 0 Å². The molecule has 0 atom stereocenters. The third kappa shape index (κ3) is 1.96. The van der Waals surface area contributed by atoms with E-state index in [-0.39, 0.29) is 5.79 Å². The quantitative estimate of drug-likeness (QED) is 0.841. The maximum Gasteiger partial charge on any atom is 0.168 e. The lowest BCUT2D eigenvalue weighted by molar-refractivity contribution is -0.178. The molecule has 2 fully saturated rings. The van der Waals surface area contributed by atoms with Crippen LogP contribution in [0.15, 0.2) is 18.2 Å². The van der Waals surface area contributed by atoms with Crippen LogP contribution in [0.4, 0.5) is 5.69 Å². The molecule has 1 spiro atoms. The third-order valence-corrected chi connectivity index (χ3v) is 4.90. The predicted octanol–water partition coefficient (Wildman–Crippen LogP) is 3.06. The van der Waals surface area contributed by atoms with Crippen LogP contribution in [0.5, 0.6) is 0 Å². The maximum atomic E-state index is 5.82. The highest BCUT2D eigenvalue weighted by Crippen LogP contribution is 2.44. The Morgan fingerprint density at radius 2 is 1.89 bits per heavy atom. The van der Waals surface area contributed by atoms with Gasteiger partial charge in [0.2, 0.25) is 0 Å². The molecular formula is C16H21NO2. The Labute approximate surface area is 114 Å². The normalized spacial score (nSPS) is 25.5. The fraction of sp³-hybridized carbons (Fsp3) is 0.625. The first-order chi connectivity index (χ1) is 9.36. The molecule has 1 N–H and O–H groups in total. The van der Waals surface area contributed by atoms with Crippen molar-refractivity contribution < 1.29 is 9.47 Å². The number of ether oxygens (including phenoxy) is 2. The van der Waals surface area contributed by atoms with E-state index in [9.17, 15) is 0 Å². The van der Waals surface area contributed by atoms with E-state index in [0.29, 0.717) is 5.92 Å². The molecule has 3 aliphatic rings. The summed E-state index contributed by atoms with van der Waals surface area (Å²) in [6, 6.07) is 6.73. The average molecular weight is 259 g/mol. The smallest absolute Gasteiger partial charge is 0.168 e. The van der Waals surface area contributed by atoms with E-state index in [2.05, 4.69) is 23.5 Å². The van der Waals surface area contributed by atoms with Crippen molar-refractivity contribution >= 4 is 5.69 Å². The van der Waals surface area contributed by atoms with Crippen LogP contribution >= 0.6 is 0 Å². The first kappa shape index (κ1) is 11.7. The Morgan fingerprint density at radius 3 is 2.68 bits per heavy atom. The summed E-state index contributed by atoms with van der Waals surface area (Å²) < 4.78 is 11.6. The highest BCUT2D eigenvalue weighted by atomic mass is 16.7. The molecule has 2 aliphatic heterocycles. The fourth-order valence-electron chi connectivity index (χ4n) is 3.91. The lowest BCUT2D eigenvalue weighted by Crippen LogP contribution is -2.34. The molecule has 1 aromatic carbocycles. The van der Waals surface area contributed by atoms with Gasteiger partial charge >= 0.3 is 0 Å². The summed E-state index contributed by atoms with van der Waals surface area (Å²) >= 11 is 0. The van der Waals surface area contributed by atoms with Gasteiger partial charge in [0.25, 0.3) is 0 Å². The molecule has 0 radical (unpaired) electrons. The zero-order valence-electron chi connectivity index (χ0n) is 11.3. The van der Waals surface area contributed by atoms with Crippen LogP contribution in [-0.2, 0) is 15.9 Å². The van der Waals surface area contributed by atoms with Crippen molar-refractivity contribution in [3.8, 4) is 0 Å². The topological polar surface area (TPSA) is 30.5 Å². The zero-order chi connectivity index (χ0) is 12.7. The molecule has 1 saturated carbocycles. The molecule has 3 heteroatoms.